The fourth-order valence-electron chi connectivity index (χ4n) is 3.50. The van der Waals surface area contributed by atoms with Gasteiger partial charge >= 0.3 is 0 Å². The second-order valence-electron chi connectivity index (χ2n) is 8.13. The summed E-state index contributed by atoms with van der Waals surface area (Å²) in [5, 5.41) is 12.2. The van der Waals surface area contributed by atoms with Crippen molar-refractivity contribution in [1.82, 2.24) is 0 Å². The Morgan fingerprint density at radius 2 is 1.88 bits per heavy atom. The molecule has 4 rings (SSSR count). The molecule has 5 heteroatoms. The zero-order valence-corrected chi connectivity index (χ0v) is 18.3. The lowest BCUT2D eigenvalue weighted by molar-refractivity contribution is -0.111. The number of phenols is 1. The van der Waals surface area contributed by atoms with E-state index in [-0.39, 0.29) is 11.7 Å². The smallest absolute Gasteiger partial charge is 0.248 e. The number of carbonyl (C=O) groups excluding carboxylic acids is 1. The number of amides is 1. The van der Waals surface area contributed by atoms with E-state index in [1.165, 1.54) is 18.2 Å². The van der Waals surface area contributed by atoms with Gasteiger partial charge in [-0.3, -0.25) is 4.79 Å². The maximum atomic E-state index is 12.4. The van der Waals surface area contributed by atoms with Crippen LogP contribution in [0.5, 0.6) is 17.2 Å². The molecule has 3 aromatic carbocycles. The summed E-state index contributed by atoms with van der Waals surface area (Å²) in [5.74, 6) is 1.45. The van der Waals surface area contributed by atoms with Gasteiger partial charge in [0.05, 0.1) is 7.11 Å². The Labute approximate surface area is 187 Å². The van der Waals surface area contributed by atoms with Crippen LogP contribution in [0.15, 0.2) is 72.8 Å². The van der Waals surface area contributed by atoms with E-state index in [0.717, 1.165) is 33.8 Å². The van der Waals surface area contributed by atoms with Gasteiger partial charge in [-0.05, 0) is 85.7 Å². The topological polar surface area (TPSA) is 67.8 Å². The third kappa shape index (κ3) is 4.83. The summed E-state index contributed by atoms with van der Waals surface area (Å²) >= 11 is 0. The molecule has 0 saturated heterocycles. The predicted molar refractivity (Wildman–Crippen MR) is 128 cm³/mol. The van der Waals surface area contributed by atoms with E-state index in [2.05, 4.69) is 11.4 Å². The minimum absolute atomic E-state index is 0.149. The van der Waals surface area contributed by atoms with E-state index in [1.54, 1.807) is 25.3 Å². The molecule has 0 spiro atoms. The molecule has 0 radical (unpaired) electrons. The molecule has 1 amide bonds. The molecule has 1 aliphatic rings. The number of carbonyl (C=O) groups is 1. The second-order valence-corrected chi connectivity index (χ2v) is 8.13. The van der Waals surface area contributed by atoms with Crippen molar-refractivity contribution >= 4 is 23.7 Å². The molecule has 1 heterocycles. The maximum Gasteiger partial charge on any atom is 0.248 e. The first-order valence-electron chi connectivity index (χ1n) is 10.3. The third-order valence-electron chi connectivity index (χ3n) is 5.11. The van der Waals surface area contributed by atoms with Crippen LogP contribution in [0.4, 0.5) is 5.69 Å². The van der Waals surface area contributed by atoms with E-state index in [9.17, 15) is 9.90 Å². The van der Waals surface area contributed by atoms with Gasteiger partial charge in [0, 0.05) is 22.9 Å². The maximum absolute atomic E-state index is 12.4. The Morgan fingerprint density at radius 3 is 2.62 bits per heavy atom. The quantitative estimate of drug-likeness (QED) is 0.393. The minimum Gasteiger partial charge on any atom is -0.508 e. The highest BCUT2D eigenvalue weighted by Crippen LogP contribution is 2.41. The number of rotatable bonds is 5. The van der Waals surface area contributed by atoms with Crippen LogP contribution in [-0.2, 0) is 4.79 Å². The van der Waals surface area contributed by atoms with Crippen molar-refractivity contribution in [3.8, 4) is 28.4 Å². The molecular weight excluding hydrogens is 402 g/mol. The Kier molecular flexibility index (Phi) is 5.73. The van der Waals surface area contributed by atoms with Crippen LogP contribution in [-0.4, -0.2) is 23.7 Å². The lowest BCUT2D eigenvalue weighted by atomic mass is 9.94. The molecule has 162 valence electrons. The lowest BCUT2D eigenvalue weighted by Crippen LogP contribution is -2.27. The highest BCUT2D eigenvalue weighted by molar-refractivity contribution is 6.02. The van der Waals surface area contributed by atoms with Gasteiger partial charge in [0.2, 0.25) is 5.91 Å². The third-order valence-corrected chi connectivity index (χ3v) is 5.11. The summed E-state index contributed by atoms with van der Waals surface area (Å²) in [7, 11) is 1.64. The van der Waals surface area contributed by atoms with Crippen LogP contribution in [0.2, 0.25) is 0 Å². The summed E-state index contributed by atoms with van der Waals surface area (Å²) in [6.45, 7) is 4.03. The van der Waals surface area contributed by atoms with E-state index >= 15 is 0 Å². The average Bonchev–Trinajstić information content (AvgIpc) is 2.78. The first kappa shape index (κ1) is 21.2. The first-order chi connectivity index (χ1) is 15.3. The zero-order valence-electron chi connectivity index (χ0n) is 18.3. The molecule has 0 aromatic heterocycles. The fourth-order valence-corrected chi connectivity index (χ4v) is 3.50. The van der Waals surface area contributed by atoms with Gasteiger partial charge in [0.25, 0.3) is 0 Å². The molecule has 0 unspecified atom stereocenters. The molecule has 1 aliphatic heterocycles. The first-order valence-corrected chi connectivity index (χ1v) is 10.3. The number of methoxy groups -OCH3 is 1. The highest BCUT2D eigenvalue weighted by Gasteiger charge is 2.25. The summed E-state index contributed by atoms with van der Waals surface area (Å²) in [5.41, 5.74) is 3.91. The van der Waals surface area contributed by atoms with Crippen molar-refractivity contribution in [2.24, 2.45) is 0 Å². The molecule has 0 fully saturated rings. The number of nitrogens with one attached hydrogen (secondary N) is 1. The van der Waals surface area contributed by atoms with Crippen LogP contribution >= 0.6 is 0 Å². The normalized spacial score (nSPS) is 14.0. The summed E-state index contributed by atoms with van der Waals surface area (Å²) in [4.78, 5) is 12.4. The lowest BCUT2D eigenvalue weighted by Gasteiger charge is -2.30. The Bertz CT molecular complexity index is 1210. The van der Waals surface area contributed by atoms with E-state index in [1.807, 2.05) is 56.3 Å². The van der Waals surface area contributed by atoms with Crippen LogP contribution < -0.4 is 14.8 Å². The van der Waals surface area contributed by atoms with Crippen molar-refractivity contribution < 1.29 is 19.4 Å². The van der Waals surface area contributed by atoms with Crippen LogP contribution in [0.1, 0.15) is 25.0 Å². The Hall–Kier alpha value is -3.99. The van der Waals surface area contributed by atoms with Gasteiger partial charge < -0.3 is 19.9 Å². The van der Waals surface area contributed by atoms with Crippen molar-refractivity contribution in [1.29, 1.82) is 0 Å². The fraction of sp³-hybridized carbons (Fsp3) is 0.148. The van der Waals surface area contributed by atoms with Crippen LogP contribution in [0.25, 0.3) is 23.3 Å². The van der Waals surface area contributed by atoms with Gasteiger partial charge in [-0.1, -0.05) is 18.2 Å². The minimum atomic E-state index is -0.415. The number of hydrogen-bond acceptors (Lipinski definition) is 4. The number of hydrogen-bond donors (Lipinski definition) is 2. The summed E-state index contributed by atoms with van der Waals surface area (Å²) in [6, 6.07) is 18.2. The molecule has 32 heavy (non-hydrogen) atoms. The van der Waals surface area contributed by atoms with Gasteiger partial charge in [0.1, 0.15) is 22.8 Å². The number of fused-ring (bicyclic) bond motifs is 1. The Morgan fingerprint density at radius 1 is 1.09 bits per heavy atom. The Balaban J connectivity index is 1.68. The van der Waals surface area contributed by atoms with Crippen molar-refractivity contribution in [2.75, 3.05) is 12.4 Å². The zero-order chi connectivity index (χ0) is 22.7. The van der Waals surface area contributed by atoms with Crippen LogP contribution in [0, 0.1) is 0 Å². The molecule has 3 aromatic rings. The van der Waals surface area contributed by atoms with Gasteiger partial charge in [-0.25, -0.2) is 0 Å². The van der Waals surface area contributed by atoms with Crippen molar-refractivity contribution in [3.05, 3.63) is 83.9 Å². The van der Waals surface area contributed by atoms with Crippen LogP contribution in [0.3, 0.4) is 0 Å². The molecule has 0 saturated carbocycles. The van der Waals surface area contributed by atoms with Crippen molar-refractivity contribution in [3.63, 3.8) is 0 Å². The highest BCUT2D eigenvalue weighted by atomic mass is 16.5. The van der Waals surface area contributed by atoms with Gasteiger partial charge in [-0.2, -0.15) is 0 Å². The number of ether oxygens (including phenoxy) is 2. The molecule has 2 N–H and O–H groups in total. The number of phenolic OH excluding ortho intramolecular Hbond substituents is 1. The molecular formula is C27H25NO4. The molecule has 5 nitrogen and oxygen atoms in total. The van der Waals surface area contributed by atoms with E-state index in [0.29, 0.717) is 5.69 Å². The SMILES string of the molecule is COc1cccc(-c2cc(/C=C/C(=O)Nc3ccc(O)cc3)cc3c2OC(C)(C)C=C3)c1. The molecule has 0 atom stereocenters. The van der Waals surface area contributed by atoms with Gasteiger partial charge in [-0.15, -0.1) is 0 Å². The summed E-state index contributed by atoms with van der Waals surface area (Å²) < 4.78 is 11.7. The number of benzene rings is 3. The number of aromatic hydroxyl groups is 1. The van der Waals surface area contributed by atoms with Gasteiger partial charge in [0.15, 0.2) is 0 Å². The van der Waals surface area contributed by atoms with E-state index in [4.69, 9.17) is 9.47 Å². The molecule has 0 aliphatic carbocycles. The van der Waals surface area contributed by atoms with E-state index < -0.39 is 5.60 Å². The largest absolute Gasteiger partial charge is 0.508 e. The summed E-state index contributed by atoms with van der Waals surface area (Å²) in [6.07, 6.45) is 7.33. The predicted octanol–water partition coefficient (Wildman–Crippen LogP) is 5.90. The van der Waals surface area contributed by atoms with Crippen molar-refractivity contribution in [2.45, 2.75) is 19.4 Å². The molecule has 0 bridgehead atoms. The second kappa shape index (κ2) is 8.63. The monoisotopic (exact) mass is 427 g/mol. The standard InChI is InChI=1S/C27H25NO4/c1-27(2)14-13-20-15-18(7-12-25(30)28-21-8-10-22(29)11-9-21)16-24(26(20)32-27)19-5-4-6-23(17-19)31-3/h4-17,29H,1-3H3,(H,28,30)/b12-7+. The number of anilines is 1. The average molecular weight is 428 g/mol.